The van der Waals surface area contributed by atoms with Gasteiger partial charge in [0.25, 0.3) is 0 Å². The Morgan fingerprint density at radius 1 is 1.00 bits per heavy atom. The Hall–Kier alpha value is -2.62. The van der Waals surface area contributed by atoms with E-state index in [1.807, 2.05) is 24.3 Å². The standard InChI is InChI=1S/C19H19NO3/c21-17-7-6-14-10-11-20(13-16(14)12-17)19(23)9-8-18(22)15-4-2-1-3-5-15/h1-7,12,21H,8-11,13H2. The fourth-order valence-corrected chi connectivity index (χ4v) is 2.90. The number of phenols is 1. The van der Waals surface area contributed by atoms with Gasteiger partial charge in [-0.15, -0.1) is 0 Å². The molecule has 2 aromatic rings. The van der Waals surface area contributed by atoms with E-state index in [1.54, 1.807) is 29.2 Å². The minimum Gasteiger partial charge on any atom is -0.508 e. The molecular formula is C19H19NO3. The molecule has 1 aliphatic rings. The van der Waals surface area contributed by atoms with Gasteiger partial charge in [-0.05, 0) is 29.7 Å². The maximum absolute atomic E-state index is 12.3. The van der Waals surface area contributed by atoms with Crippen LogP contribution in [-0.4, -0.2) is 28.2 Å². The summed E-state index contributed by atoms with van der Waals surface area (Å²) in [5.41, 5.74) is 2.81. The van der Waals surface area contributed by atoms with E-state index in [4.69, 9.17) is 0 Å². The van der Waals surface area contributed by atoms with E-state index in [2.05, 4.69) is 0 Å². The van der Waals surface area contributed by atoms with Gasteiger partial charge in [0.15, 0.2) is 5.78 Å². The van der Waals surface area contributed by atoms with Crippen LogP contribution in [0.4, 0.5) is 0 Å². The fourth-order valence-electron chi connectivity index (χ4n) is 2.90. The van der Waals surface area contributed by atoms with E-state index in [9.17, 15) is 14.7 Å². The molecule has 1 amide bonds. The number of aromatic hydroxyl groups is 1. The van der Waals surface area contributed by atoms with E-state index in [0.29, 0.717) is 18.7 Å². The summed E-state index contributed by atoms with van der Waals surface area (Å²) in [6.45, 7) is 1.16. The molecule has 0 unspecified atom stereocenters. The van der Waals surface area contributed by atoms with Gasteiger partial charge >= 0.3 is 0 Å². The summed E-state index contributed by atoms with van der Waals surface area (Å²) in [6.07, 6.45) is 1.24. The maximum atomic E-state index is 12.3. The Morgan fingerprint density at radius 2 is 1.78 bits per heavy atom. The molecule has 3 rings (SSSR count). The molecule has 0 bridgehead atoms. The summed E-state index contributed by atoms with van der Waals surface area (Å²) in [4.78, 5) is 26.2. The summed E-state index contributed by atoms with van der Waals surface area (Å²) in [5.74, 6) is 0.203. The summed E-state index contributed by atoms with van der Waals surface area (Å²) in [7, 11) is 0. The van der Waals surface area contributed by atoms with Crippen molar-refractivity contribution in [3.05, 3.63) is 65.2 Å². The van der Waals surface area contributed by atoms with Crippen molar-refractivity contribution in [3.63, 3.8) is 0 Å². The van der Waals surface area contributed by atoms with Crippen molar-refractivity contribution >= 4 is 11.7 Å². The third kappa shape index (κ3) is 3.59. The number of hydrogen-bond acceptors (Lipinski definition) is 3. The summed E-state index contributed by atoms with van der Waals surface area (Å²) in [6, 6.07) is 14.3. The lowest BCUT2D eigenvalue weighted by atomic mass is 9.99. The Morgan fingerprint density at radius 3 is 2.57 bits per heavy atom. The lowest BCUT2D eigenvalue weighted by molar-refractivity contribution is -0.132. The molecule has 0 spiro atoms. The van der Waals surface area contributed by atoms with Crippen LogP contribution in [0.2, 0.25) is 0 Å². The van der Waals surface area contributed by atoms with Crippen molar-refractivity contribution in [1.29, 1.82) is 0 Å². The first-order valence-electron chi connectivity index (χ1n) is 7.80. The molecule has 0 atom stereocenters. The second-order valence-electron chi connectivity index (χ2n) is 5.81. The number of phenolic OH excluding ortho intramolecular Hbond substituents is 1. The van der Waals surface area contributed by atoms with Gasteiger partial charge in [0.1, 0.15) is 5.75 Å². The van der Waals surface area contributed by atoms with Crippen molar-refractivity contribution in [2.75, 3.05) is 6.54 Å². The monoisotopic (exact) mass is 309 g/mol. The Balaban J connectivity index is 1.58. The molecule has 118 valence electrons. The van der Waals surface area contributed by atoms with Crippen LogP contribution in [0.25, 0.3) is 0 Å². The molecule has 0 saturated heterocycles. The number of hydrogen-bond donors (Lipinski definition) is 1. The maximum Gasteiger partial charge on any atom is 0.223 e. The molecule has 4 nitrogen and oxygen atoms in total. The number of Topliss-reactive ketones (excluding diaryl/α,β-unsaturated/α-hetero) is 1. The first-order chi connectivity index (χ1) is 11.1. The fraction of sp³-hybridized carbons (Fsp3) is 0.263. The molecule has 1 aliphatic heterocycles. The quantitative estimate of drug-likeness (QED) is 0.883. The number of carbonyl (C=O) groups is 2. The van der Waals surface area contributed by atoms with Crippen LogP contribution in [0, 0.1) is 0 Å². The van der Waals surface area contributed by atoms with Gasteiger partial charge in [-0.3, -0.25) is 9.59 Å². The molecule has 0 fully saturated rings. The summed E-state index contributed by atoms with van der Waals surface area (Å²) in [5, 5.41) is 9.57. The van der Waals surface area contributed by atoms with Crippen LogP contribution < -0.4 is 0 Å². The van der Waals surface area contributed by atoms with E-state index in [-0.39, 0.29) is 30.3 Å². The van der Waals surface area contributed by atoms with Gasteiger partial charge in [0.05, 0.1) is 0 Å². The van der Waals surface area contributed by atoms with Gasteiger partial charge in [0.2, 0.25) is 5.91 Å². The minimum atomic E-state index is -0.0109. The zero-order chi connectivity index (χ0) is 16.2. The number of benzene rings is 2. The lowest BCUT2D eigenvalue weighted by Crippen LogP contribution is -2.36. The lowest BCUT2D eigenvalue weighted by Gasteiger charge is -2.29. The van der Waals surface area contributed by atoms with E-state index in [0.717, 1.165) is 12.0 Å². The normalized spacial score (nSPS) is 13.5. The molecule has 1 heterocycles. The van der Waals surface area contributed by atoms with Crippen molar-refractivity contribution < 1.29 is 14.7 Å². The van der Waals surface area contributed by atoms with Gasteiger partial charge in [-0.2, -0.15) is 0 Å². The number of nitrogens with zero attached hydrogens (tertiary/aromatic N) is 1. The molecule has 2 aromatic carbocycles. The van der Waals surface area contributed by atoms with Gasteiger partial charge < -0.3 is 10.0 Å². The highest BCUT2D eigenvalue weighted by Gasteiger charge is 2.21. The molecule has 0 saturated carbocycles. The van der Waals surface area contributed by atoms with Crippen LogP contribution >= 0.6 is 0 Å². The van der Waals surface area contributed by atoms with Crippen LogP contribution in [0.5, 0.6) is 5.75 Å². The van der Waals surface area contributed by atoms with E-state index >= 15 is 0 Å². The van der Waals surface area contributed by atoms with E-state index in [1.165, 1.54) is 5.56 Å². The predicted octanol–water partition coefficient (Wildman–Crippen LogP) is 2.94. The Bertz CT molecular complexity index is 725. The van der Waals surface area contributed by atoms with Crippen molar-refractivity contribution in [2.24, 2.45) is 0 Å². The minimum absolute atomic E-state index is 0.00555. The van der Waals surface area contributed by atoms with E-state index < -0.39 is 0 Å². The number of carbonyl (C=O) groups excluding carboxylic acids is 2. The van der Waals surface area contributed by atoms with Crippen molar-refractivity contribution in [1.82, 2.24) is 4.90 Å². The van der Waals surface area contributed by atoms with Crippen LogP contribution in [-0.2, 0) is 17.8 Å². The van der Waals surface area contributed by atoms with Gasteiger partial charge in [0, 0.05) is 31.5 Å². The Kier molecular flexibility index (Phi) is 4.42. The highest BCUT2D eigenvalue weighted by Crippen LogP contribution is 2.23. The molecule has 0 aliphatic carbocycles. The second kappa shape index (κ2) is 6.65. The van der Waals surface area contributed by atoms with Crippen molar-refractivity contribution in [3.8, 4) is 5.75 Å². The van der Waals surface area contributed by atoms with Crippen LogP contribution in [0.15, 0.2) is 48.5 Å². The zero-order valence-corrected chi connectivity index (χ0v) is 12.9. The number of ketones is 1. The molecule has 0 aromatic heterocycles. The first kappa shape index (κ1) is 15.3. The largest absolute Gasteiger partial charge is 0.508 e. The first-order valence-corrected chi connectivity index (χ1v) is 7.80. The summed E-state index contributed by atoms with van der Waals surface area (Å²) >= 11 is 0. The average Bonchev–Trinajstić information content (AvgIpc) is 2.59. The van der Waals surface area contributed by atoms with Gasteiger partial charge in [-0.25, -0.2) is 0 Å². The summed E-state index contributed by atoms with van der Waals surface area (Å²) < 4.78 is 0. The highest BCUT2D eigenvalue weighted by atomic mass is 16.3. The molecule has 4 heteroatoms. The predicted molar refractivity (Wildman–Crippen MR) is 87.2 cm³/mol. The zero-order valence-electron chi connectivity index (χ0n) is 12.9. The van der Waals surface area contributed by atoms with Crippen molar-refractivity contribution in [2.45, 2.75) is 25.8 Å². The second-order valence-corrected chi connectivity index (χ2v) is 5.81. The number of rotatable bonds is 4. The van der Waals surface area contributed by atoms with Crippen LogP contribution in [0.3, 0.4) is 0 Å². The number of amides is 1. The molecule has 1 N–H and O–H groups in total. The third-order valence-electron chi connectivity index (χ3n) is 4.22. The van der Waals surface area contributed by atoms with Gasteiger partial charge in [-0.1, -0.05) is 36.4 Å². The smallest absolute Gasteiger partial charge is 0.223 e. The topological polar surface area (TPSA) is 57.6 Å². The molecular weight excluding hydrogens is 290 g/mol. The Labute approximate surface area is 135 Å². The SMILES string of the molecule is O=C(CCC(=O)N1CCc2ccc(O)cc2C1)c1ccccc1. The molecule has 23 heavy (non-hydrogen) atoms. The third-order valence-corrected chi connectivity index (χ3v) is 4.22. The van der Waals surface area contributed by atoms with Crippen LogP contribution in [0.1, 0.15) is 34.3 Å². The highest BCUT2D eigenvalue weighted by molar-refractivity contribution is 5.97. The molecule has 0 radical (unpaired) electrons. The average molecular weight is 309 g/mol. The number of fused-ring (bicyclic) bond motifs is 1.